The van der Waals surface area contributed by atoms with Gasteiger partial charge in [0.05, 0.1) is 23.3 Å². The van der Waals surface area contributed by atoms with Crippen molar-refractivity contribution in [3.63, 3.8) is 0 Å². The first-order chi connectivity index (χ1) is 16.3. The largest absolute Gasteiger partial charge is 0.461 e. The van der Waals surface area contributed by atoms with Gasteiger partial charge in [-0.25, -0.2) is 8.78 Å². The average Bonchev–Trinajstić information content (AvgIpc) is 3.64. The van der Waals surface area contributed by atoms with Crippen LogP contribution in [0.4, 0.5) is 20.2 Å². The Hall–Kier alpha value is -3.85. The molecule has 1 saturated carbocycles. The van der Waals surface area contributed by atoms with E-state index in [9.17, 15) is 18.4 Å². The number of halogens is 2. The Morgan fingerprint density at radius 3 is 2.47 bits per heavy atom. The highest BCUT2D eigenvalue weighted by atomic mass is 19.1. The van der Waals surface area contributed by atoms with Crippen molar-refractivity contribution in [3.05, 3.63) is 72.2 Å². The van der Waals surface area contributed by atoms with Crippen LogP contribution in [0.1, 0.15) is 23.2 Å². The van der Waals surface area contributed by atoms with Crippen molar-refractivity contribution in [3.8, 4) is 17.0 Å². The summed E-state index contributed by atoms with van der Waals surface area (Å²) >= 11 is 0. The van der Waals surface area contributed by atoms with Crippen LogP contribution in [0, 0.1) is 5.82 Å². The summed E-state index contributed by atoms with van der Waals surface area (Å²) in [5.74, 6) is -0.972. The molecule has 9 heteroatoms. The third-order valence-corrected chi connectivity index (χ3v) is 5.87. The van der Waals surface area contributed by atoms with E-state index >= 15 is 0 Å². The zero-order valence-electron chi connectivity index (χ0n) is 18.8. The minimum absolute atomic E-state index is 0.123. The molecule has 176 valence electrons. The number of carbonyl (C=O) groups excluding carboxylic acids is 2. The summed E-state index contributed by atoms with van der Waals surface area (Å²) in [4.78, 5) is 31.7. The van der Waals surface area contributed by atoms with Gasteiger partial charge in [-0.05, 0) is 69.4 Å². The van der Waals surface area contributed by atoms with Gasteiger partial charge >= 0.3 is 0 Å². The molecule has 1 aliphatic rings. The smallest absolute Gasteiger partial charge is 0.255 e. The van der Waals surface area contributed by atoms with Crippen LogP contribution >= 0.6 is 0 Å². The van der Waals surface area contributed by atoms with Crippen molar-refractivity contribution in [1.29, 1.82) is 0 Å². The normalized spacial score (nSPS) is 13.9. The Labute approximate surface area is 195 Å². The summed E-state index contributed by atoms with van der Waals surface area (Å²) in [6, 6.07) is 13.8. The quantitative estimate of drug-likeness (QED) is 0.512. The van der Waals surface area contributed by atoms with Crippen LogP contribution in [0.15, 0.2) is 60.8 Å². The van der Waals surface area contributed by atoms with Crippen LogP contribution < -0.4 is 15.4 Å². The van der Waals surface area contributed by atoms with E-state index in [2.05, 4.69) is 15.6 Å². The average molecular weight is 466 g/mol. The number of hydrogen-bond donors (Lipinski definition) is 2. The van der Waals surface area contributed by atoms with Crippen molar-refractivity contribution in [2.24, 2.45) is 0 Å². The number of aromatic nitrogens is 1. The SMILES string of the molecule is CN(C)C1(C(=O)Nc2cc(C(=O)Nc3ccc(-c4ccccc4F)nc3)ccc2OCF)CC1. The Balaban J connectivity index is 1.51. The Kier molecular flexibility index (Phi) is 6.56. The van der Waals surface area contributed by atoms with Crippen LogP contribution in [-0.4, -0.2) is 48.2 Å². The van der Waals surface area contributed by atoms with E-state index in [-0.39, 0.29) is 28.7 Å². The van der Waals surface area contributed by atoms with E-state index in [0.717, 1.165) is 0 Å². The molecule has 1 aliphatic carbocycles. The number of benzene rings is 2. The van der Waals surface area contributed by atoms with Gasteiger partial charge in [0.25, 0.3) is 5.91 Å². The highest BCUT2D eigenvalue weighted by molar-refractivity contribution is 6.06. The topological polar surface area (TPSA) is 83.6 Å². The Morgan fingerprint density at radius 1 is 1.09 bits per heavy atom. The Bertz CT molecular complexity index is 1210. The fraction of sp³-hybridized carbons (Fsp3) is 0.240. The molecule has 34 heavy (non-hydrogen) atoms. The zero-order valence-corrected chi connectivity index (χ0v) is 18.8. The summed E-state index contributed by atoms with van der Waals surface area (Å²) in [7, 11) is 3.64. The van der Waals surface area contributed by atoms with Crippen LogP contribution in [-0.2, 0) is 4.79 Å². The van der Waals surface area contributed by atoms with Crippen LogP contribution in [0.2, 0.25) is 0 Å². The van der Waals surface area contributed by atoms with Gasteiger partial charge in [-0.2, -0.15) is 0 Å². The van der Waals surface area contributed by atoms with Crippen LogP contribution in [0.25, 0.3) is 11.3 Å². The number of hydrogen-bond acceptors (Lipinski definition) is 5. The number of likely N-dealkylation sites (N-methyl/N-ethyl adjacent to an activating group) is 1. The second-order valence-electron chi connectivity index (χ2n) is 8.21. The molecule has 2 aromatic carbocycles. The lowest BCUT2D eigenvalue weighted by molar-refractivity contribution is -0.121. The molecule has 0 saturated heterocycles. The summed E-state index contributed by atoms with van der Waals surface area (Å²) in [6.07, 6.45) is 2.85. The van der Waals surface area contributed by atoms with E-state index in [1.165, 1.54) is 30.5 Å². The molecule has 1 aromatic heterocycles. The first-order valence-electron chi connectivity index (χ1n) is 10.7. The van der Waals surface area contributed by atoms with E-state index < -0.39 is 18.3 Å². The first-order valence-corrected chi connectivity index (χ1v) is 10.7. The maximum atomic E-state index is 14.0. The van der Waals surface area contributed by atoms with Gasteiger partial charge in [0.15, 0.2) is 0 Å². The van der Waals surface area contributed by atoms with Gasteiger partial charge in [-0.1, -0.05) is 12.1 Å². The van der Waals surface area contributed by atoms with E-state index in [1.807, 2.05) is 19.0 Å². The molecule has 2 amide bonds. The molecule has 0 radical (unpaired) electrons. The van der Waals surface area contributed by atoms with Gasteiger partial charge in [0, 0.05) is 11.1 Å². The molecule has 2 N–H and O–H groups in total. The van der Waals surface area contributed by atoms with E-state index in [4.69, 9.17) is 4.74 Å². The standard InChI is InChI=1S/C25H24F2N4O3/c1-31(2)25(11-12-25)24(33)30-21-13-16(7-10-22(21)34-15-26)23(32)29-17-8-9-20(28-14-17)18-5-3-4-6-19(18)27/h3-10,13-14H,11-12,15H2,1-2H3,(H,29,32)(H,30,33). The summed E-state index contributed by atoms with van der Waals surface area (Å²) in [5, 5.41) is 5.48. The van der Waals surface area contributed by atoms with Crippen LogP contribution in [0.5, 0.6) is 5.75 Å². The maximum Gasteiger partial charge on any atom is 0.255 e. The molecule has 1 fully saturated rings. The van der Waals surface area contributed by atoms with Crippen molar-refractivity contribution >= 4 is 23.2 Å². The molecular formula is C25H24F2N4O3. The van der Waals surface area contributed by atoms with Gasteiger partial charge < -0.3 is 15.4 Å². The fourth-order valence-electron chi connectivity index (χ4n) is 3.69. The maximum absolute atomic E-state index is 14.0. The lowest BCUT2D eigenvalue weighted by Crippen LogP contribution is -2.42. The number of carbonyl (C=O) groups is 2. The van der Waals surface area contributed by atoms with Crippen molar-refractivity contribution in [2.75, 3.05) is 31.6 Å². The lowest BCUT2D eigenvalue weighted by atomic mass is 10.1. The summed E-state index contributed by atoms with van der Waals surface area (Å²) in [6.45, 7) is -1.08. The number of pyridine rings is 1. The van der Waals surface area contributed by atoms with Gasteiger partial charge in [-0.15, -0.1) is 0 Å². The minimum Gasteiger partial charge on any atom is -0.461 e. The number of anilines is 2. The predicted molar refractivity (Wildman–Crippen MR) is 125 cm³/mol. The highest BCUT2D eigenvalue weighted by Crippen LogP contribution is 2.41. The highest BCUT2D eigenvalue weighted by Gasteiger charge is 2.52. The summed E-state index contributed by atoms with van der Waals surface area (Å²) < 4.78 is 31.8. The molecule has 0 bridgehead atoms. The molecule has 3 aromatic rings. The second kappa shape index (κ2) is 9.56. The number of ether oxygens (including phenoxy) is 1. The van der Waals surface area contributed by atoms with E-state index in [1.54, 1.807) is 30.3 Å². The fourth-order valence-corrected chi connectivity index (χ4v) is 3.69. The number of alkyl halides is 1. The molecular weight excluding hydrogens is 442 g/mol. The number of nitrogens with one attached hydrogen (secondary N) is 2. The lowest BCUT2D eigenvalue weighted by Gasteiger charge is -2.23. The third-order valence-electron chi connectivity index (χ3n) is 5.87. The van der Waals surface area contributed by atoms with Crippen molar-refractivity contribution in [1.82, 2.24) is 9.88 Å². The molecule has 0 unspecified atom stereocenters. The van der Waals surface area contributed by atoms with Crippen molar-refractivity contribution < 1.29 is 23.1 Å². The molecule has 0 aliphatic heterocycles. The summed E-state index contributed by atoms with van der Waals surface area (Å²) in [5.41, 5.74) is 1.02. The predicted octanol–water partition coefficient (Wildman–Crippen LogP) is 4.48. The number of rotatable bonds is 8. The van der Waals surface area contributed by atoms with Crippen LogP contribution in [0.3, 0.4) is 0 Å². The Morgan fingerprint density at radius 2 is 1.85 bits per heavy atom. The van der Waals surface area contributed by atoms with Gasteiger partial charge in [-0.3, -0.25) is 19.5 Å². The van der Waals surface area contributed by atoms with Gasteiger partial charge in [0.1, 0.15) is 17.1 Å². The molecule has 1 heterocycles. The van der Waals surface area contributed by atoms with Gasteiger partial charge in [0.2, 0.25) is 12.8 Å². The molecule has 7 nitrogen and oxygen atoms in total. The zero-order chi connectivity index (χ0) is 24.3. The molecule has 4 rings (SSSR count). The molecule has 0 spiro atoms. The second-order valence-corrected chi connectivity index (χ2v) is 8.21. The van der Waals surface area contributed by atoms with Crippen molar-refractivity contribution in [2.45, 2.75) is 18.4 Å². The number of amides is 2. The molecule has 0 atom stereocenters. The van der Waals surface area contributed by atoms with E-state index in [0.29, 0.717) is 29.8 Å². The third kappa shape index (κ3) is 4.74. The number of nitrogens with zero attached hydrogens (tertiary/aromatic N) is 2. The minimum atomic E-state index is -1.08. The first kappa shape index (κ1) is 23.3. The monoisotopic (exact) mass is 466 g/mol.